The van der Waals surface area contributed by atoms with Crippen molar-refractivity contribution in [2.75, 3.05) is 13.7 Å². The average molecular weight is 571 g/mol. The number of rotatable bonds is 17. The molecule has 0 aliphatic carbocycles. The van der Waals surface area contributed by atoms with E-state index in [4.69, 9.17) is 23.1 Å². The van der Waals surface area contributed by atoms with E-state index in [1.54, 1.807) is 0 Å². The summed E-state index contributed by atoms with van der Waals surface area (Å²) < 4.78 is 33.3. The van der Waals surface area contributed by atoms with Gasteiger partial charge in [0.15, 0.2) is 16.6 Å². The molecule has 0 amide bonds. The van der Waals surface area contributed by atoms with E-state index in [9.17, 15) is 4.79 Å². The second-order valence-electron chi connectivity index (χ2n) is 11.7. The van der Waals surface area contributed by atoms with E-state index < -0.39 is 39.9 Å². The second kappa shape index (κ2) is 14.4. The van der Waals surface area contributed by atoms with Crippen molar-refractivity contribution in [1.82, 2.24) is 0 Å². The van der Waals surface area contributed by atoms with Crippen molar-refractivity contribution in [3.63, 3.8) is 0 Å². The number of hydrogen-bond donors (Lipinski definition) is 0. The van der Waals surface area contributed by atoms with Crippen molar-refractivity contribution in [3.8, 4) is 0 Å². The molecular formula is C30H58O6Si2. The van der Waals surface area contributed by atoms with E-state index in [2.05, 4.69) is 62.0 Å². The van der Waals surface area contributed by atoms with E-state index >= 15 is 0 Å². The Morgan fingerprint density at radius 3 is 1.97 bits per heavy atom. The zero-order valence-corrected chi connectivity index (χ0v) is 28.1. The first-order valence-electron chi connectivity index (χ1n) is 15.5. The standard InChI is InChI=1S/C30H58O6Si2/c1-11-18-19-20-21-22-25-29(9,36-38(15-5,16-6)17-7)27(35-37(12-2,13-3)14-4)26-24(8)23-33-30(26,34-25)28(31)32-10/h25-27H,8,11-23H2,1-7,9-10H3/t25-,26?,27-,29-,30?/m1/s1. The van der Waals surface area contributed by atoms with Gasteiger partial charge in [0, 0.05) is 0 Å². The van der Waals surface area contributed by atoms with E-state index in [1.165, 1.54) is 26.4 Å². The minimum atomic E-state index is -2.11. The molecule has 38 heavy (non-hydrogen) atoms. The van der Waals surface area contributed by atoms with Crippen LogP contribution in [0.2, 0.25) is 36.3 Å². The van der Waals surface area contributed by atoms with Gasteiger partial charge in [-0.05, 0) is 55.2 Å². The van der Waals surface area contributed by atoms with Gasteiger partial charge in [-0.3, -0.25) is 0 Å². The molecule has 0 N–H and O–H groups in total. The Labute approximate surface area is 235 Å². The normalized spacial score (nSPS) is 29.9. The lowest BCUT2D eigenvalue weighted by atomic mass is 9.73. The largest absolute Gasteiger partial charge is 0.465 e. The van der Waals surface area contributed by atoms with Crippen molar-refractivity contribution >= 4 is 22.6 Å². The summed E-state index contributed by atoms with van der Waals surface area (Å²) >= 11 is 0. The summed E-state index contributed by atoms with van der Waals surface area (Å²) in [7, 11) is -2.79. The zero-order valence-electron chi connectivity index (χ0n) is 26.1. The van der Waals surface area contributed by atoms with Crippen molar-refractivity contribution in [1.29, 1.82) is 0 Å². The molecule has 2 unspecified atom stereocenters. The number of ether oxygens (including phenoxy) is 3. The highest BCUT2D eigenvalue weighted by molar-refractivity contribution is 6.74. The van der Waals surface area contributed by atoms with Gasteiger partial charge >= 0.3 is 5.97 Å². The molecule has 2 saturated heterocycles. The molecule has 8 heteroatoms. The topological polar surface area (TPSA) is 63.2 Å². The summed E-state index contributed by atoms with van der Waals surface area (Å²) in [5.41, 5.74) is 0.120. The Balaban J connectivity index is 2.71. The van der Waals surface area contributed by atoms with Crippen molar-refractivity contribution in [2.24, 2.45) is 5.92 Å². The molecule has 0 radical (unpaired) electrons. The number of esters is 1. The predicted octanol–water partition coefficient (Wildman–Crippen LogP) is 7.99. The minimum Gasteiger partial charge on any atom is -0.465 e. The maximum Gasteiger partial charge on any atom is 0.367 e. The molecule has 0 saturated carbocycles. The van der Waals surface area contributed by atoms with E-state index in [-0.39, 0.29) is 18.8 Å². The third kappa shape index (κ3) is 6.51. The molecule has 0 aromatic heterocycles. The monoisotopic (exact) mass is 570 g/mol. The van der Waals surface area contributed by atoms with Gasteiger partial charge < -0.3 is 23.1 Å². The van der Waals surface area contributed by atoms with Crippen LogP contribution in [0.25, 0.3) is 0 Å². The molecule has 2 heterocycles. The fraction of sp³-hybridized carbons (Fsp3) is 0.900. The van der Waals surface area contributed by atoms with Crippen LogP contribution >= 0.6 is 0 Å². The van der Waals surface area contributed by atoms with Crippen LogP contribution in [-0.2, 0) is 27.9 Å². The number of fused-ring (bicyclic) bond motifs is 1. The Bertz CT molecular complexity index is 751. The van der Waals surface area contributed by atoms with Crippen LogP contribution in [-0.4, -0.2) is 59.9 Å². The predicted molar refractivity (Wildman–Crippen MR) is 160 cm³/mol. The van der Waals surface area contributed by atoms with Crippen LogP contribution in [0.4, 0.5) is 0 Å². The lowest BCUT2D eigenvalue weighted by Gasteiger charge is -2.58. The molecule has 2 fully saturated rings. The number of methoxy groups -OCH3 is 1. The molecule has 2 aliphatic heterocycles. The fourth-order valence-corrected chi connectivity index (χ4v) is 12.7. The maximum absolute atomic E-state index is 13.5. The molecule has 0 aromatic rings. The number of hydrogen-bond acceptors (Lipinski definition) is 6. The number of unbranched alkanes of at least 4 members (excludes halogenated alkanes) is 4. The third-order valence-corrected chi connectivity index (χ3v) is 19.2. The van der Waals surface area contributed by atoms with Gasteiger partial charge in [0.2, 0.25) is 0 Å². The lowest BCUT2D eigenvalue weighted by Crippen LogP contribution is -2.73. The summed E-state index contributed by atoms with van der Waals surface area (Å²) in [6, 6.07) is 6.14. The van der Waals surface area contributed by atoms with Crippen molar-refractivity contribution in [2.45, 2.75) is 154 Å². The minimum absolute atomic E-state index is 0.260. The summed E-state index contributed by atoms with van der Waals surface area (Å²) in [6.07, 6.45) is 5.85. The Hall–Kier alpha value is -0.516. The Morgan fingerprint density at radius 2 is 1.47 bits per heavy atom. The Morgan fingerprint density at radius 1 is 0.921 bits per heavy atom. The van der Waals surface area contributed by atoms with E-state index in [1.807, 2.05) is 0 Å². The van der Waals surface area contributed by atoms with Crippen LogP contribution in [0, 0.1) is 5.92 Å². The highest BCUT2D eigenvalue weighted by atomic mass is 28.4. The molecule has 6 nitrogen and oxygen atoms in total. The number of carbonyl (C=O) groups excluding carboxylic acids is 1. The molecule has 5 atom stereocenters. The highest BCUT2D eigenvalue weighted by Gasteiger charge is 2.70. The summed E-state index contributed by atoms with van der Waals surface area (Å²) in [4.78, 5) is 13.5. The average Bonchev–Trinajstić information content (AvgIpc) is 3.28. The molecule has 0 spiro atoms. The molecule has 2 rings (SSSR count). The highest BCUT2D eigenvalue weighted by Crippen LogP contribution is 2.54. The van der Waals surface area contributed by atoms with Gasteiger partial charge in [0.05, 0.1) is 31.8 Å². The van der Waals surface area contributed by atoms with E-state index in [0.717, 1.165) is 61.1 Å². The van der Waals surface area contributed by atoms with Gasteiger partial charge in [-0.2, -0.15) is 0 Å². The van der Waals surface area contributed by atoms with Crippen molar-refractivity contribution in [3.05, 3.63) is 12.2 Å². The molecule has 0 bridgehead atoms. The maximum atomic E-state index is 13.5. The fourth-order valence-electron chi connectivity index (χ4n) is 6.68. The first-order chi connectivity index (χ1) is 18.1. The second-order valence-corrected chi connectivity index (χ2v) is 21.1. The smallest absolute Gasteiger partial charge is 0.367 e. The third-order valence-electron chi connectivity index (χ3n) is 9.86. The van der Waals surface area contributed by atoms with Crippen LogP contribution in [0.5, 0.6) is 0 Å². The summed E-state index contributed by atoms with van der Waals surface area (Å²) in [5.74, 6) is -2.49. The molecular weight excluding hydrogens is 512 g/mol. The lowest BCUT2D eigenvalue weighted by molar-refractivity contribution is -0.328. The first kappa shape index (κ1) is 33.7. The van der Waals surface area contributed by atoms with Gasteiger partial charge in [0.25, 0.3) is 5.79 Å². The van der Waals surface area contributed by atoms with Crippen LogP contribution in [0.3, 0.4) is 0 Å². The first-order valence-corrected chi connectivity index (χ1v) is 20.6. The quantitative estimate of drug-likeness (QED) is 0.0764. The van der Waals surface area contributed by atoms with E-state index in [0.29, 0.717) is 0 Å². The Kier molecular flexibility index (Phi) is 12.8. The molecule has 222 valence electrons. The van der Waals surface area contributed by atoms with Gasteiger partial charge in [-0.1, -0.05) is 87.1 Å². The van der Waals surface area contributed by atoms with Gasteiger partial charge in [-0.15, -0.1) is 0 Å². The van der Waals surface area contributed by atoms with Gasteiger partial charge in [-0.25, -0.2) is 4.79 Å². The molecule has 2 aliphatic rings. The summed E-state index contributed by atoms with van der Waals surface area (Å²) in [6.45, 7) is 22.6. The number of carbonyl (C=O) groups is 1. The van der Waals surface area contributed by atoms with Crippen LogP contribution < -0.4 is 0 Å². The summed E-state index contributed by atoms with van der Waals surface area (Å²) in [5, 5.41) is 0. The van der Waals surface area contributed by atoms with Gasteiger partial charge in [0.1, 0.15) is 5.60 Å². The van der Waals surface area contributed by atoms with Crippen molar-refractivity contribution < 1.29 is 27.9 Å². The van der Waals surface area contributed by atoms with Crippen LogP contribution in [0.15, 0.2) is 12.2 Å². The SMILES string of the molecule is C=C1COC2(C(=O)OC)O[C@H](CCCCCCC)[C@@](C)(O[Si](CC)(CC)CC)[C@H](O[Si](CC)(CC)CC)C12. The van der Waals surface area contributed by atoms with Crippen LogP contribution in [0.1, 0.15) is 93.9 Å². The zero-order chi connectivity index (χ0) is 28.6. The molecule has 0 aromatic carbocycles.